The fourth-order valence-corrected chi connectivity index (χ4v) is 4.40. The van der Waals surface area contributed by atoms with E-state index in [9.17, 15) is 18.3 Å². The topological polar surface area (TPSA) is 49.2 Å². The van der Waals surface area contributed by atoms with Gasteiger partial charge in [-0.2, -0.15) is 18.3 Å². The maximum absolute atomic E-state index is 12.8. The highest BCUT2D eigenvalue weighted by Gasteiger charge is 2.34. The molecular weight excluding hydrogens is 355 g/mol. The monoisotopic (exact) mass is 377 g/mol. The van der Waals surface area contributed by atoms with Crippen LogP contribution in [0.15, 0.2) is 24.3 Å². The van der Waals surface area contributed by atoms with E-state index in [1.54, 1.807) is 0 Å². The number of alkyl halides is 3. The summed E-state index contributed by atoms with van der Waals surface area (Å²) in [4.78, 5) is 2.50. The van der Waals surface area contributed by atoms with E-state index in [0.717, 1.165) is 42.3 Å². The number of aryl methyl sites for hydroxylation is 1. The SMILES string of the molecule is Cc1cc(CC2CN3CCC2CC3)nnc1-c1ccc(C(F)(F)F)cc1O. The van der Waals surface area contributed by atoms with Gasteiger partial charge in [-0.1, -0.05) is 0 Å². The van der Waals surface area contributed by atoms with Crippen LogP contribution in [0.1, 0.15) is 29.7 Å². The lowest BCUT2D eigenvalue weighted by atomic mass is 9.77. The summed E-state index contributed by atoms with van der Waals surface area (Å²) in [6.07, 6.45) is -1.13. The van der Waals surface area contributed by atoms with E-state index in [4.69, 9.17) is 0 Å². The Hall–Kier alpha value is -2.15. The van der Waals surface area contributed by atoms with Gasteiger partial charge in [0.05, 0.1) is 17.0 Å². The third-order valence-corrected chi connectivity index (χ3v) is 5.88. The standard InChI is InChI=1S/C20H22F3N3O/c1-12-8-16(9-14-11-26-6-4-13(14)5-7-26)24-25-19(12)17-3-2-15(10-18(17)27)20(21,22)23/h2-3,8,10,13-14,27H,4-7,9,11H2,1H3. The molecule has 3 aliphatic heterocycles. The lowest BCUT2D eigenvalue weighted by molar-refractivity contribution is -0.137. The van der Waals surface area contributed by atoms with Crippen molar-refractivity contribution in [1.82, 2.24) is 15.1 Å². The molecule has 3 saturated heterocycles. The molecule has 0 spiro atoms. The smallest absolute Gasteiger partial charge is 0.416 e. The van der Waals surface area contributed by atoms with Crippen LogP contribution in [0.5, 0.6) is 5.75 Å². The summed E-state index contributed by atoms with van der Waals surface area (Å²) in [5, 5.41) is 18.6. The molecule has 1 aromatic heterocycles. The molecule has 3 aliphatic rings. The van der Waals surface area contributed by atoms with Gasteiger partial charge in [-0.25, -0.2) is 0 Å². The number of rotatable bonds is 3. The van der Waals surface area contributed by atoms with Gasteiger partial charge in [0, 0.05) is 12.1 Å². The molecule has 1 atom stereocenters. The Morgan fingerprint density at radius 2 is 1.89 bits per heavy atom. The highest BCUT2D eigenvalue weighted by atomic mass is 19.4. The molecule has 3 fully saturated rings. The van der Waals surface area contributed by atoms with Crippen LogP contribution in [0.2, 0.25) is 0 Å². The molecule has 4 nitrogen and oxygen atoms in total. The fourth-order valence-electron chi connectivity index (χ4n) is 4.40. The minimum atomic E-state index is -4.49. The Bertz CT molecular complexity index is 845. The van der Waals surface area contributed by atoms with Crippen molar-refractivity contribution in [2.75, 3.05) is 19.6 Å². The van der Waals surface area contributed by atoms with Crippen LogP contribution in [0.4, 0.5) is 13.2 Å². The zero-order valence-corrected chi connectivity index (χ0v) is 15.1. The van der Waals surface area contributed by atoms with Gasteiger partial charge in [0.25, 0.3) is 0 Å². The second kappa shape index (κ2) is 6.78. The van der Waals surface area contributed by atoms with E-state index in [2.05, 4.69) is 15.1 Å². The van der Waals surface area contributed by atoms with Crippen molar-refractivity contribution in [1.29, 1.82) is 0 Å². The first kappa shape index (κ1) is 18.2. The molecule has 0 amide bonds. The van der Waals surface area contributed by atoms with Gasteiger partial charge < -0.3 is 10.0 Å². The average Bonchev–Trinajstić information content (AvgIpc) is 2.63. The molecule has 5 rings (SSSR count). The van der Waals surface area contributed by atoms with Crippen LogP contribution in [0.3, 0.4) is 0 Å². The van der Waals surface area contributed by atoms with E-state index < -0.39 is 17.5 Å². The first-order valence-corrected chi connectivity index (χ1v) is 9.27. The quantitative estimate of drug-likeness (QED) is 0.876. The number of phenolic OH excluding ortho intramolecular Hbond substituents is 1. The maximum atomic E-state index is 12.8. The summed E-state index contributed by atoms with van der Waals surface area (Å²) >= 11 is 0. The van der Waals surface area contributed by atoms with Crippen molar-refractivity contribution in [3.8, 4) is 17.0 Å². The zero-order chi connectivity index (χ0) is 19.2. The molecule has 2 aromatic rings. The number of phenols is 1. The number of hydrogen-bond donors (Lipinski definition) is 1. The minimum Gasteiger partial charge on any atom is -0.507 e. The Balaban J connectivity index is 1.55. The van der Waals surface area contributed by atoms with Crippen LogP contribution in [-0.2, 0) is 12.6 Å². The van der Waals surface area contributed by atoms with E-state index in [-0.39, 0.29) is 5.56 Å². The lowest BCUT2D eigenvalue weighted by Gasteiger charge is -2.44. The molecule has 1 unspecified atom stereocenters. The highest BCUT2D eigenvalue weighted by Crippen LogP contribution is 2.37. The van der Waals surface area contributed by atoms with Gasteiger partial charge in [0.2, 0.25) is 0 Å². The molecule has 2 bridgehead atoms. The largest absolute Gasteiger partial charge is 0.507 e. The van der Waals surface area contributed by atoms with Crippen LogP contribution in [0.25, 0.3) is 11.3 Å². The predicted octanol–water partition coefficient (Wildman–Crippen LogP) is 4.06. The van der Waals surface area contributed by atoms with Gasteiger partial charge in [0.1, 0.15) is 5.75 Å². The number of aromatic hydroxyl groups is 1. The summed E-state index contributed by atoms with van der Waals surface area (Å²) < 4.78 is 38.3. The van der Waals surface area contributed by atoms with Gasteiger partial charge >= 0.3 is 6.18 Å². The van der Waals surface area contributed by atoms with Gasteiger partial charge in [-0.15, -0.1) is 5.10 Å². The average molecular weight is 377 g/mol. The van der Waals surface area contributed by atoms with E-state index in [1.807, 2.05) is 13.0 Å². The fraction of sp³-hybridized carbons (Fsp3) is 0.500. The summed E-state index contributed by atoms with van der Waals surface area (Å²) in [5.41, 5.74) is 1.51. The summed E-state index contributed by atoms with van der Waals surface area (Å²) in [6, 6.07) is 4.88. The van der Waals surface area contributed by atoms with Crippen LogP contribution >= 0.6 is 0 Å². The molecule has 0 saturated carbocycles. The molecule has 0 aliphatic carbocycles. The number of benzene rings is 1. The Morgan fingerprint density at radius 1 is 1.15 bits per heavy atom. The lowest BCUT2D eigenvalue weighted by Crippen LogP contribution is -2.48. The second-order valence-electron chi connectivity index (χ2n) is 7.70. The number of piperidine rings is 3. The molecule has 144 valence electrons. The Labute approximate surface area is 156 Å². The van der Waals surface area contributed by atoms with Crippen molar-refractivity contribution in [2.24, 2.45) is 11.8 Å². The third-order valence-electron chi connectivity index (χ3n) is 5.88. The van der Waals surface area contributed by atoms with Gasteiger partial charge in [-0.05, 0) is 80.9 Å². The van der Waals surface area contributed by atoms with E-state index >= 15 is 0 Å². The first-order chi connectivity index (χ1) is 12.8. The predicted molar refractivity (Wildman–Crippen MR) is 95.2 cm³/mol. The van der Waals surface area contributed by atoms with Crippen LogP contribution in [-0.4, -0.2) is 39.8 Å². The Morgan fingerprint density at radius 3 is 2.44 bits per heavy atom. The first-order valence-electron chi connectivity index (χ1n) is 9.27. The zero-order valence-electron chi connectivity index (χ0n) is 15.1. The second-order valence-corrected chi connectivity index (χ2v) is 7.70. The summed E-state index contributed by atoms with van der Waals surface area (Å²) in [5.74, 6) is 0.898. The maximum Gasteiger partial charge on any atom is 0.416 e. The van der Waals surface area contributed by atoms with Crippen LogP contribution in [0, 0.1) is 18.8 Å². The number of halogens is 3. The molecule has 4 heterocycles. The normalized spacial score (nSPS) is 25.0. The number of hydrogen-bond acceptors (Lipinski definition) is 4. The van der Waals surface area contributed by atoms with Crippen molar-refractivity contribution in [3.05, 3.63) is 41.1 Å². The van der Waals surface area contributed by atoms with Crippen molar-refractivity contribution < 1.29 is 18.3 Å². The molecule has 0 radical (unpaired) electrons. The van der Waals surface area contributed by atoms with Crippen molar-refractivity contribution >= 4 is 0 Å². The summed E-state index contributed by atoms with van der Waals surface area (Å²) in [7, 11) is 0. The number of aromatic nitrogens is 2. The van der Waals surface area contributed by atoms with E-state index in [0.29, 0.717) is 11.6 Å². The van der Waals surface area contributed by atoms with Gasteiger partial charge in [0.15, 0.2) is 0 Å². The molecule has 1 N–H and O–H groups in total. The molecule has 27 heavy (non-hydrogen) atoms. The van der Waals surface area contributed by atoms with Crippen LogP contribution < -0.4 is 0 Å². The highest BCUT2D eigenvalue weighted by molar-refractivity contribution is 5.69. The number of nitrogens with zero attached hydrogens (tertiary/aromatic N) is 3. The van der Waals surface area contributed by atoms with Gasteiger partial charge in [-0.3, -0.25) is 0 Å². The molecule has 7 heteroatoms. The summed E-state index contributed by atoms with van der Waals surface area (Å²) in [6.45, 7) is 5.34. The minimum absolute atomic E-state index is 0.266. The van der Waals surface area contributed by atoms with Crippen molar-refractivity contribution in [3.63, 3.8) is 0 Å². The van der Waals surface area contributed by atoms with E-state index in [1.165, 1.54) is 32.0 Å². The molecular formula is C20H22F3N3O. The van der Waals surface area contributed by atoms with Crippen molar-refractivity contribution in [2.45, 2.75) is 32.4 Å². The number of fused-ring (bicyclic) bond motifs is 3. The third kappa shape index (κ3) is 3.65. The molecule has 1 aromatic carbocycles. The Kier molecular flexibility index (Phi) is 4.58.